The first-order valence-corrected chi connectivity index (χ1v) is 8.12. The number of hydrogen-bond donors (Lipinski definition) is 0. The zero-order chi connectivity index (χ0) is 17.1. The minimum absolute atomic E-state index is 0.252. The Kier molecular flexibility index (Phi) is 4.86. The number of nitrogens with zero attached hydrogens (tertiary/aromatic N) is 1. The van der Waals surface area contributed by atoms with Gasteiger partial charge in [0.2, 0.25) is 0 Å². The smallest absolute Gasteiger partial charge is 0.150 e. The quantitative estimate of drug-likeness (QED) is 0.819. The molecule has 2 aromatic carbocycles. The van der Waals surface area contributed by atoms with Gasteiger partial charge in [0, 0.05) is 12.1 Å². The zero-order valence-electron chi connectivity index (χ0n) is 14.3. The highest BCUT2D eigenvalue weighted by Gasteiger charge is 2.31. The number of benzene rings is 2. The van der Waals surface area contributed by atoms with E-state index in [2.05, 4.69) is 4.90 Å². The molecule has 0 saturated carbocycles. The standard InChI is InChI=1S/C20H22FNO2/c1-4-23-20-16-7-5-6-8-18(16)24-19(17(20)13-22(2)3)14-9-11-15(21)12-10-14/h5-12,19H,4,13H2,1-3H3/t19-/m0/s1. The summed E-state index contributed by atoms with van der Waals surface area (Å²) in [6, 6.07) is 14.3. The molecule has 3 rings (SSSR count). The van der Waals surface area contributed by atoms with Gasteiger partial charge in [-0.2, -0.15) is 0 Å². The predicted octanol–water partition coefficient (Wildman–Crippen LogP) is 4.27. The molecular weight excluding hydrogens is 305 g/mol. The van der Waals surface area contributed by atoms with E-state index in [9.17, 15) is 4.39 Å². The number of ether oxygens (including phenoxy) is 2. The fourth-order valence-corrected chi connectivity index (χ4v) is 2.96. The molecule has 0 spiro atoms. The summed E-state index contributed by atoms with van der Waals surface area (Å²) in [6.07, 6.45) is -0.288. The van der Waals surface area contributed by atoms with Crippen LogP contribution in [0.5, 0.6) is 5.75 Å². The molecule has 1 atom stereocenters. The van der Waals surface area contributed by atoms with E-state index in [-0.39, 0.29) is 11.9 Å². The molecule has 1 aliphatic rings. The molecule has 126 valence electrons. The molecule has 1 aliphatic heterocycles. The highest BCUT2D eigenvalue weighted by atomic mass is 19.1. The Bertz CT molecular complexity index is 738. The number of hydrogen-bond acceptors (Lipinski definition) is 3. The van der Waals surface area contributed by atoms with Crippen molar-refractivity contribution in [3.63, 3.8) is 0 Å². The maximum absolute atomic E-state index is 13.3. The molecule has 0 unspecified atom stereocenters. The lowest BCUT2D eigenvalue weighted by molar-refractivity contribution is 0.203. The normalized spacial score (nSPS) is 16.8. The monoisotopic (exact) mass is 327 g/mol. The molecule has 0 fully saturated rings. The molecule has 24 heavy (non-hydrogen) atoms. The predicted molar refractivity (Wildman–Crippen MR) is 93.3 cm³/mol. The Morgan fingerprint density at radius 3 is 2.46 bits per heavy atom. The van der Waals surface area contributed by atoms with Crippen molar-refractivity contribution >= 4 is 5.76 Å². The van der Waals surface area contributed by atoms with Crippen LogP contribution in [0.4, 0.5) is 4.39 Å². The molecule has 0 N–H and O–H groups in total. The maximum Gasteiger partial charge on any atom is 0.150 e. The van der Waals surface area contributed by atoms with Crippen molar-refractivity contribution < 1.29 is 13.9 Å². The summed E-state index contributed by atoms with van der Waals surface area (Å²) in [7, 11) is 4.03. The van der Waals surface area contributed by atoms with E-state index in [1.807, 2.05) is 45.3 Å². The second-order valence-electron chi connectivity index (χ2n) is 6.07. The van der Waals surface area contributed by atoms with Crippen LogP contribution in [0.3, 0.4) is 0 Å². The van der Waals surface area contributed by atoms with Gasteiger partial charge < -0.3 is 14.4 Å². The van der Waals surface area contributed by atoms with E-state index in [0.717, 1.165) is 28.2 Å². The van der Waals surface area contributed by atoms with Crippen LogP contribution < -0.4 is 4.74 Å². The van der Waals surface area contributed by atoms with Gasteiger partial charge in [-0.05, 0) is 50.8 Å². The summed E-state index contributed by atoms with van der Waals surface area (Å²) in [5.41, 5.74) is 2.93. The van der Waals surface area contributed by atoms with Gasteiger partial charge in [-0.3, -0.25) is 0 Å². The van der Waals surface area contributed by atoms with Crippen LogP contribution in [0.2, 0.25) is 0 Å². The van der Waals surface area contributed by atoms with Gasteiger partial charge in [0.05, 0.1) is 12.2 Å². The molecule has 0 saturated heterocycles. The van der Waals surface area contributed by atoms with Crippen molar-refractivity contribution in [2.75, 3.05) is 27.2 Å². The van der Waals surface area contributed by atoms with Crippen LogP contribution in [0.25, 0.3) is 5.76 Å². The first-order valence-electron chi connectivity index (χ1n) is 8.12. The van der Waals surface area contributed by atoms with Gasteiger partial charge in [-0.15, -0.1) is 0 Å². The number of para-hydroxylation sites is 1. The van der Waals surface area contributed by atoms with Gasteiger partial charge >= 0.3 is 0 Å². The van der Waals surface area contributed by atoms with Crippen LogP contribution in [-0.4, -0.2) is 32.1 Å². The van der Waals surface area contributed by atoms with Crippen LogP contribution >= 0.6 is 0 Å². The zero-order valence-corrected chi connectivity index (χ0v) is 14.3. The summed E-state index contributed by atoms with van der Waals surface area (Å²) in [5, 5.41) is 0. The van der Waals surface area contributed by atoms with Crippen molar-refractivity contribution in [3.05, 3.63) is 71.0 Å². The van der Waals surface area contributed by atoms with Crippen LogP contribution in [0.15, 0.2) is 54.1 Å². The lowest BCUT2D eigenvalue weighted by Crippen LogP contribution is -2.26. The summed E-state index contributed by atoms with van der Waals surface area (Å²) >= 11 is 0. The van der Waals surface area contributed by atoms with E-state index in [1.165, 1.54) is 12.1 Å². The molecule has 0 bridgehead atoms. The molecule has 4 heteroatoms. The first-order chi connectivity index (χ1) is 11.6. The third-order valence-corrected chi connectivity index (χ3v) is 3.93. The molecular formula is C20H22FNO2. The highest BCUT2D eigenvalue weighted by Crippen LogP contribution is 2.42. The highest BCUT2D eigenvalue weighted by molar-refractivity contribution is 5.72. The van der Waals surface area contributed by atoms with E-state index >= 15 is 0 Å². The van der Waals surface area contributed by atoms with Gasteiger partial charge in [0.25, 0.3) is 0 Å². The number of likely N-dealkylation sites (N-methyl/N-ethyl adjacent to an activating group) is 1. The van der Waals surface area contributed by atoms with E-state index in [1.54, 1.807) is 12.1 Å². The Morgan fingerprint density at radius 2 is 1.79 bits per heavy atom. The second kappa shape index (κ2) is 7.05. The molecule has 2 aromatic rings. The van der Waals surface area contributed by atoms with Crippen LogP contribution in [0.1, 0.15) is 24.2 Å². The molecule has 1 heterocycles. The Morgan fingerprint density at radius 1 is 1.08 bits per heavy atom. The average molecular weight is 327 g/mol. The third-order valence-electron chi connectivity index (χ3n) is 3.93. The Hall–Kier alpha value is -2.33. The average Bonchev–Trinajstić information content (AvgIpc) is 2.57. The van der Waals surface area contributed by atoms with Crippen molar-refractivity contribution in [2.45, 2.75) is 13.0 Å². The summed E-state index contributed by atoms with van der Waals surface area (Å²) < 4.78 is 25.6. The van der Waals surface area contributed by atoms with Crippen LogP contribution in [-0.2, 0) is 4.74 Å². The SMILES string of the molecule is CCOC1=C(CN(C)C)[C@H](c2ccc(F)cc2)Oc2ccccc21. The van der Waals surface area contributed by atoms with Crippen molar-refractivity contribution in [3.8, 4) is 5.75 Å². The van der Waals surface area contributed by atoms with Crippen molar-refractivity contribution in [2.24, 2.45) is 0 Å². The molecule has 0 aliphatic carbocycles. The van der Waals surface area contributed by atoms with E-state index in [4.69, 9.17) is 9.47 Å². The summed E-state index contributed by atoms with van der Waals surface area (Å²) in [4.78, 5) is 2.09. The summed E-state index contributed by atoms with van der Waals surface area (Å²) in [5.74, 6) is 1.40. The van der Waals surface area contributed by atoms with E-state index in [0.29, 0.717) is 13.2 Å². The lowest BCUT2D eigenvalue weighted by Gasteiger charge is -2.32. The number of rotatable bonds is 5. The van der Waals surface area contributed by atoms with Gasteiger partial charge in [0.1, 0.15) is 17.3 Å². The van der Waals surface area contributed by atoms with Crippen molar-refractivity contribution in [1.29, 1.82) is 0 Å². The topological polar surface area (TPSA) is 21.7 Å². The molecule has 0 radical (unpaired) electrons. The van der Waals surface area contributed by atoms with Gasteiger partial charge in [-0.25, -0.2) is 4.39 Å². The maximum atomic E-state index is 13.3. The minimum atomic E-state index is -0.288. The van der Waals surface area contributed by atoms with Crippen LogP contribution in [0, 0.1) is 5.82 Å². The number of fused-ring (bicyclic) bond motifs is 1. The van der Waals surface area contributed by atoms with Crippen molar-refractivity contribution in [1.82, 2.24) is 4.90 Å². The fourth-order valence-electron chi connectivity index (χ4n) is 2.96. The summed E-state index contributed by atoms with van der Waals surface area (Å²) in [6.45, 7) is 3.26. The first kappa shape index (κ1) is 16.5. The van der Waals surface area contributed by atoms with Gasteiger partial charge in [0.15, 0.2) is 6.10 Å². The molecule has 0 aromatic heterocycles. The lowest BCUT2D eigenvalue weighted by atomic mass is 9.94. The Labute approximate surface area is 142 Å². The third kappa shape index (κ3) is 3.29. The fraction of sp³-hybridized carbons (Fsp3) is 0.300. The number of halogens is 1. The van der Waals surface area contributed by atoms with Gasteiger partial charge in [-0.1, -0.05) is 24.3 Å². The largest absolute Gasteiger partial charge is 0.493 e. The molecule has 0 amide bonds. The van der Waals surface area contributed by atoms with E-state index < -0.39 is 0 Å². The Balaban J connectivity index is 2.13. The minimum Gasteiger partial charge on any atom is -0.493 e. The molecule has 3 nitrogen and oxygen atoms in total. The second-order valence-corrected chi connectivity index (χ2v) is 6.07.